The Labute approximate surface area is 130 Å². The molecule has 0 unspecified atom stereocenters. The summed E-state index contributed by atoms with van der Waals surface area (Å²) < 4.78 is 40.5. The normalized spacial score (nSPS) is 11.8. The van der Waals surface area contributed by atoms with Crippen molar-refractivity contribution in [3.63, 3.8) is 0 Å². The number of carbonyl (C=O) groups is 1. The number of nitrogen functional groups attached to an aromatic ring is 1. The van der Waals surface area contributed by atoms with Gasteiger partial charge in [0.1, 0.15) is 0 Å². The van der Waals surface area contributed by atoms with E-state index in [0.717, 1.165) is 12.1 Å². The fourth-order valence-electron chi connectivity index (χ4n) is 2.61. The Morgan fingerprint density at radius 3 is 2.48 bits per heavy atom. The average molecular weight is 318 g/mol. The topological polar surface area (TPSA) is 48.0 Å². The lowest BCUT2D eigenvalue weighted by atomic mass is 10.1. The van der Waals surface area contributed by atoms with Crippen molar-refractivity contribution in [2.45, 2.75) is 13.1 Å². The van der Waals surface area contributed by atoms with Crippen LogP contribution in [0.3, 0.4) is 0 Å². The van der Waals surface area contributed by atoms with Crippen molar-refractivity contribution in [3.05, 3.63) is 59.8 Å². The SMILES string of the molecule is CC(=O)c1cn(-c2cc(N)cc(C(F)(F)F)c2)c2ccccc12. The van der Waals surface area contributed by atoms with E-state index in [1.54, 1.807) is 35.0 Å². The number of ketones is 1. The van der Waals surface area contributed by atoms with Crippen LogP contribution in [0.5, 0.6) is 0 Å². The molecule has 0 aliphatic rings. The highest BCUT2D eigenvalue weighted by atomic mass is 19.4. The second-order valence-electron chi connectivity index (χ2n) is 5.30. The van der Waals surface area contributed by atoms with Crippen molar-refractivity contribution in [3.8, 4) is 5.69 Å². The fraction of sp³-hybridized carbons (Fsp3) is 0.118. The van der Waals surface area contributed by atoms with Gasteiger partial charge in [-0.2, -0.15) is 13.2 Å². The number of anilines is 1. The summed E-state index contributed by atoms with van der Waals surface area (Å²) in [7, 11) is 0. The number of rotatable bonds is 2. The zero-order chi connectivity index (χ0) is 16.8. The van der Waals surface area contributed by atoms with E-state index < -0.39 is 11.7 Å². The van der Waals surface area contributed by atoms with Gasteiger partial charge < -0.3 is 10.3 Å². The monoisotopic (exact) mass is 318 g/mol. The number of fused-ring (bicyclic) bond motifs is 1. The van der Waals surface area contributed by atoms with Crippen LogP contribution in [-0.2, 0) is 6.18 Å². The second kappa shape index (κ2) is 5.15. The molecular formula is C17H13F3N2O. The van der Waals surface area contributed by atoms with Crippen molar-refractivity contribution < 1.29 is 18.0 Å². The van der Waals surface area contributed by atoms with Crippen LogP contribution in [0.25, 0.3) is 16.6 Å². The molecule has 1 heterocycles. The van der Waals surface area contributed by atoms with Crippen molar-refractivity contribution in [2.75, 3.05) is 5.73 Å². The van der Waals surface area contributed by atoms with Gasteiger partial charge in [-0.25, -0.2) is 0 Å². The van der Waals surface area contributed by atoms with E-state index in [9.17, 15) is 18.0 Å². The predicted octanol–water partition coefficient (Wildman–Crippen LogP) is 4.43. The quantitative estimate of drug-likeness (QED) is 0.561. The molecule has 118 valence electrons. The van der Waals surface area contributed by atoms with Gasteiger partial charge in [-0.1, -0.05) is 18.2 Å². The number of halogens is 3. The highest BCUT2D eigenvalue weighted by molar-refractivity contribution is 6.07. The van der Waals surface area contributed by atoms with Crippen molar-refractivity contribution in [2.24, 2.45) is 0 Å². The first-order chi connectivity index (χ1) is 10.8. The number of carbonyl (C=O) groups excluding carboxylic acids is 1. The van der Waals surface area contributed by atoms with Gasteiger partial charge in [0.25, 0.3) is 0 Å². The summed E-state index contributed by atoms with van der Waals surface area (Å²) >= 11 is 0. The summed E-state index contributed by atoms with van der Waals surface area (Å²) in [6.45, 7) is 1.42. The third kappa shape index (κ3) is 2.67. The molecule has 0 saturated heterocycles. The van der Waals surface area contributed by atoms with E-state index in [-0.39, 0.29) is 17.2 Å². The lowest BCUT2D eigenvalue weighted by molar-refractivity contribution is -0.137. The summed E-state index contributed by atoms with van der Waals surface area (Å²) in [4.78, 5) is 11.8. The molecule has 0 spiro atoms. The number of hydrogen-bond acceptors (Lipinski definition) is 2. The lowest BCUT2D eigenvalue weighted by Crippen LogP contribution is -2.07. The Bertz CT molecular complexity index is 910. The van der Waals surface area contributed by atoms with Gasteiger partial charge in [-0.05, 0) is 31.2 Å². The Morgan fingerprint density at radius 1 is 1.13 bits per heavy atom. The Kier molecular flexibility index (Phi) is 3.39. The lowest BCUT2D eigenvalue weighted by Gasteiger charge is -2.12. The molecule has 2 aromatic carbocycles. The summed E-state index contributed by atoms with van der Waals surface area (Å²) in [6.07, 6.45) is -2.95. The predicted molar refractivity (Wildman–Crippen MR) is 82.7 cm³/mol. The third-order valence-corrected chi connectivity index (χ3v) is 3.64. The summed E-state index contributed by atoms with van der Waals surface area (Å²) in [5.74, 6) is -0.153. The molecule has 1 aromatic heterocycles. The van der Waals surface area contributed by atoms with Crippen molar-refractivity contribution in [1.82, 2.24) is 4.57 Å². The van der Waals surface area contributed by atoms with Gasteiger partial charge in [0.15, 0.2) is 5.78 Å². The largest absolute Gasteiger partial charge is 0.416 e. The minimum absolute atomic E-state index is 0.0111. The molecule has 3 aromatic rings. The summed E-state index contributed by atoms with van der Waals surface area (Å²) in [5, 5.41) is 0.691. The minimum Gasteiger partial charge on any atom is -0.399 e. The van der Waals surface area contributed by atoms with Gasteiger partial charge in [0.05, 0.1) is 11.1 Å². The maximum Gasteiger partial charge on any atom is 0.416 e. The van der Waals surface area contributed by atoms with Crippen molar-refractivity contribution >= 4 is 22.4 Å². The first kappa shape index (κ1) is 15.1. The second-order valence-corrected chi connectivity index (χ2v) is 5.30. The number of aromatic nitrogens is 1. The maximum absolute atomic E-state index is 13.0. The third-order valence-electron chi connectivity index (χ3n) is 3.64. The molecule has 0 amide bonds. The highest BCUT2D eigenvalue weighted by Gasteiger charge is 2.31. The van der Waals surface area contributed by atoms with E-state index in [2.05, 4.69) is 0 Å². The number of alkyl halides is 3. The average Bonchev–Trinajstić information content (AvgIpc) is 2.85. The maximum atomic E-state index is 13.0. The molecule has 3 rings (SSSR count). The number of Topliss-reactive ketones (excluding diaryl/α,β-unsaturated/α-hetero) is 1. The molecule has 0 radical (unpaired) electrons. The van der Waals surface area contributed by atoms with Gasteiger partial charge >= 0.3 is 6.18 Å². The molecule has 3 nitrogen and oxygen atoms in total. The van der Waals surface area contributed by atoms with Crippen LogP contribution in [0.2, 0.25) is 0 Å². The zero-order valence-corrected chi connectivity index (χ0v) is 12.2. The number of hydrogen-bond donors (Lipinski definition) is 1. The van der Waals surface area contributed by atoms with E-state index in [1.807, 2.05) is 0 Å². The zero-order valence-electron chi connectivity index (χ0n) is 12.2. The Morgan fingerprint density at radius 2 is 1.83 bits per heavy atom. The van der Waals surface area contributed by atoms with E-state index in [4.69, 9.17) is 5.73 Å². The molecule has 0 bridgehead atoms. The van der Waals surface area contributed by atoms with Crippen molar-refractivity contribution in [1.29, 1.82) is 0 Å². The molecule has 0 aliphatic carbocycles. The van der Waals surface area contributed by atoms with E-state index in [0.29, 0.717) is 16.5 Å². The molecule has 0 saturated carbocycles. The van der Waals surface area contributed by atoms with Gasteiger partial charge in [0, 0.05) is 28.5 Å². The minimum atomic E-state index is -4.49. The van der Waals surface area contributed by atoms with Gasteiger partial charge in [0.2, 0.25) is 0 Å². The number of nitrogens with zero attached hydrogens (tertiary/aromatic N) is 1. The molecule has 0 fully saturated rings. The number of benzene rings is 2. The van der Waals surface area contributed by atoms with Crippen LogP contribution >= 0.6 is 0 Å². The molecule has 2 N–H and O–H groups in total. The summed E-state index contributed by atoms with van der Waals surface area (Å²) in [5.41, 5.74) is 6.18. The van der Waals surface area contributed by atoms with Gasteiger partial charge in [-0.15, -0.1) is 0 Å². The number of nitrogens with two attached hydrogens (primary N) is 1. The Balaban J connectivity index is 2.29. The molecule has 23 heavy (non-hydrogen) atoms. The smallest absolute Gasteiger partial charge is 0.399 e. The van der Waals surface area contributed by atoms with Crippen LogP contribution in [0.1, 0.15) is 22.8 Å². The summed E-state index contributed by atoms with van der Waals surface area (Å²) in [6, 6.07) is 10.4. The van der Waals surface area contributed by atoms with Crippen LogP contribution < -0.4 is 5.73 Å². The molecule has 0 atom stereocenters. The molecule has 6 heteroatoms. The highest BCUT2D eigenvalue weighted by Crippen LogP contribution is 2.33. The standard InChI is InChI=1S/C17H13F3N2O/c1-10(23)15-9-22(16-5-3-2-4-14(15)16)13-7-11(17(18,19)20)6-12(21)8-13/h2-9H,21H2,1H3. The van der Waals surface area contributed by atoms with E-state index in [1.165, 1.54) is 13.0 Å². The van der Waals surface area contributed by atoms with Crippen LogP contribution in [0.15, 0.2) is 48.7 Å². The first-order valence-corrected chi connectivity index (χ1v) is 6.86. The van der Waals surface area contributed by atoms with Crippen LogP contribution in [-0.4, -0.2) is 10.4 Å². The molecular weight excluding hydrogens is 305 g/mol. The fourth-order valence-corrected chi connectivity index (χ4v) is 2.61. The van der Waals surface area contributed by atoms with Crippen LogP contribution in [0.4, 0.5) is 18.9 Å². The Hall–Kier alpha value is -2.76. The molecule has 0 aliphatic heterocycles. The number of para-hydroxylation sites is 1. The van der Waals surface area contributed by atoms with E-state index >= 15 is 0 Å². The first-order valence-electron chi connectivity index (χ1n) is 6.86. The van der Waals surface area contributed by atoms with Gasteiger partial charge in [-0.3, -0.25) is 4.79 Å². The van der Waals surface area contributed by atoms with Crippen LogP contribution in [0, 0.1) is 0 Å².